The zero-order chi connectivity index (χ0) is 11.7. The molecule has 5 heteroatoms. The molecule has 1 aromatic rings. The second-order valence-electron chi connectivity index (χ2n) is 3.78. The third kappa shape index (κ3) is 1.71. The number of anilines is 2. The first kappa shape index (κ1) is 10.5. The largest absolute Gasteiger partial charge is 0.481 e. The number of nitrogens with one attached hydrogen (secondary N) is 2. The van der Waals surface area contributed by atoms with Crippen LogP contribution in [0, 0.1) is 5.92 Å². The molecule has 2 rings (SSSR count). The Morgan fingerprint density at radius 1 is 1.38 bits per heavy atom. The summed E-state index contributed by atoms with van der Waals surface area (Å²) in [6.07, 6.45) is 0. The van der Waals surface area contributed by atoms with Crippen LogP contribution in [0.15, 0.2) is 24.3 Å². The summed E-state index contributed by atoms with van der Waals surface area (Å²) in [5, 5.41) is 14.5. The first-order valence-corrected chi connectivity index (χ1v) is 4.99. The number of hydrogen-bond donors (Lipinski definition) is 3. The van der Waals surface area contributed by atoms with Gasteiger partial charge >= 0.3 is 5.97 Å². The standard InChI is InChI=1S/C11H12N2O3/c1-6(11(15)16)9-10(14)13-8-5-3-2-4-7(8)12-9/h2-6,9,12H,1H3,(H,13,14)(H,15,16)/t6-,9-/m0/s1. The molecule has 5 nitrogen and oxygen atoms in total. The maximum atomic E-state index is 11.7. The molecule has 1 aliphatic heterocycles. The van der Waals surface area contributed by atoms with Crippen LogP contribution in [0.3, 0.4) is 0 Å². The van der Waals surface area contributed by atoms with Gasteiger partial charge in [-0.2, -0.15) is 0 Å². The van der Waals surface area contributed by atoms with Gasteiger partial charge in [0.1, 0.15) is 6.04 Å². The van der Waals surface area contributed by atoms with Gasteiger partial charge in [0.25, 0.3) is 0 Å². The van der Waals surface area contributed by atoms with Crippen LogP contribution in [-0.4, -0.2) is 23.0 Å². The van der Waals surface area contributed by atoms with Crippen molar-refractivity contribution in [2.24, 2.45) is 5.92 Å². The predicted molar refractivity (Wildman–Crippen MR) is 59.3 cm³/mol. The highest BCUT2D eigenvalue weighted by atomic mass is 16.4. The molecule has 1 aromatic carbocycles. The molecule has 1 amide bonds. The smallest absolute Gasteiger partial charge is 0.308 e. The molecule has 0 aromatic heterocycles. The summed E-state index contributed by atoms with van der Waals surface area (Å²) in [5.74, 6) is -2.08. The Hall–Kier alpha value is -2.04. The molecule has 0 aliphatic carbocycles. The monoisotopic (exact) mass is 220 g/mol. The van der Waals surface area contributed by atoms with Gasteiger partial charge in [0.2, 0.25) is 5.91 Å². The number of rotatable bonds is 2. The molecule has 0 spiro atoms. The van der Waals surface area contributed by atoms with Crippen molar-refractivity contribution >= 4 is 23.3 Å². The van der Waals surface area contributed by atoms with Gasteiger partial charge < -0.3 is 15.7 Å². The summed E-state index contributed by atoms with van der Waals surface area (Å²) in [6, 6.07) is 6.47. The Morgan fingerprint density at radius 3 is 2.62 bits per heavy atom. The van der Waals surface area contributed by atoms with Crippen LogP contribution in [0.5, 0.6) is 0 Å². The fraction of sp³-hybridized carbons (Fsp3) is 0.273. The lowest BCUT2D eigenvalue weighted by atomic mass is 9.98. The number of carbonyl (C=O) groups is 2. The number of amides is 1. The van der Waals surface area contributed by atoms with Crippen molar-refractivity contribution in [2.45, 2.75) is 13.0 Å². The summed E-state index contributed by atoms with van der Waals surface area (Å²) < 4.78 is 0. The first-order valence-electron chi connectivity index (χ1n) is 4.99. The first-order chi connectivity index (χ1) is 7.59. The molecule has 16 heavy (non-hydrogen) atoms. The van der Waals surface area contributed by atoms with E-state index in [0.29, 0.717) is 5.69 Å². The normalized spacial score (nSPS) is 20.3. The topological polar surface area (TPSA) is 78.4 Å². The number of hydrogen-bond acceptors (Lipinski definition) is 3. The van der Waals surface area contributed by atoms with Crippen molar-refractivity contribution in [1.29, 1.82) is 0 Å². The third-order valence-corrected chi connectivity index (χ3v) is 2.67. The molecular formula is C11H12N2O3. The Kier molecular flexibility index (Phi) is 2.52. The maximum Gasteiger partial charge on any atom is 0.308 e. The van der Waals surface area contributed by atoms with Gasteiger partial charge in [0, 0.05) is 0 Å². The van der Waals surface area contributed by atoms with Crippen molar-refractivity contribution in [3.8, 4) is 0 Å². The second kappa shape index (κ2) is 3.84. The Bertz CT molecular complexity index is 445. The Balaban J connectivity index is 2.28. The average Bonchev–Trinajstić information content (AvgIpc) is 2.27. The van der Waals surface area contributed by atoms with Gasteiger partial charge in [-0.1, -0.05) is 12.1 Å². The molecule has 0 radical (unpaired) electrons. The van der Waals surface area contributed by atoms with Crippen LogP contribution in [0.2, 0.25) is 0 Å². The summed E-state index contributed by atoms with van der Waals surface area (Å²) in [6.45, 7) is 1.51. The van der Waals surface area contributed by atoms with Crippen LogP contribution in [0.1, 0.15) is 6.92 Å². The molecule has 1 aliphatic rings. The molecule has 0 fully saturated rings. The van der Waals surface area contributed by atoms with E-state index in [-0.39, 0.29) is 5.91 Å². The SMILES string of the molecule is C[C@H](C(=O)O)[C@@H]1Nc2ccccc2NC1=O. The van der Waals surface area contributed by atoms with Crippen molar-refractivity contribution in [1.82, 2.24) is 0 Å². The van der Waals surface area contributed by atoms with E-state index in [2.05, 4.69) is 10.6 Å². The second-order valence-corrected chi connectivity index (χ2v) is 3.78. The Labute approximate surface area is 92.5 Å². The minimum atomic E-state index is -0.993. The Morgan fingerprint density at radius 2 is 2.00 bits per heavy atom. The summed E-state index contributed by atoms with van der Waals surface area (Å²) >= 11 is 0. The minimum Gasteiger partial charge on any atom is -0.481 e. The highest BCUT2D eigenvalue weighted by Crippen LogP contribution is 2.27. The summed E-state index contributed by atoms with van der Waals surface area (Å²) in [7, 11) is 0. The number of benzene rings is 1. The number of carbonyl (C=O) groups excluding carboxylic acids is 1. The lowest BCUT2D eigenvalue weighted by Gasteiger charge is -2.28. The molecule has 84 valence electrons. The van der Waals surface area contributed by atoms with Crippen molar-refractivity contribution in [3.63, 3.8) is 0 Å². The van der Waals surface area contributed by atoms with Gasteiger partial charge in [-0.05, 0) is 19.1 Å². The fourth-order valence-electron chi connectivity index (χ4n) is 1.66. The van der Waals surface area contributed by atoms with Crippen molar-refractivity contribution in [3.05, 3.63) is 24.3 Å². The van der Waals surface area contributed by atoms with Crippen molar-refractivity contribution < 1.29 is 14.7 Å². The van der Waals surface area contributed by atoms with E-state index in [9.17, 15) is 9.59 Å². The molecule has 0 bridgehead atoms. The molecule has 2 atom stereocenters. The highest BCUT2D eigenvalue weighted by Gasteiger charge is 2.33. The quantitative estimate of drug-likeness (QED) is 0.698. The number of aliphatic carboxylic acids is 1. The van der Waals surface area contributed by atoms with Gasteiger partial charge in [0.05, 0.1) is 17.3 Å². The number of carboxylic acids is 1. The fourth-order valence-corrected chi connectivity index (χ4v) is 1.66. The van der Waals surface area contributed by atoms with E-state index in [1.807, 2.05) is 12.1 Å². The van der Waals surface area contributed by atoms with Crippen LogP contribution in [0.4, 0.5) is 11.4 Å². The number of para-hydroxylation sites is 2. The summed E-state index contributed by atoms with van der Waals surface area (Å²) in [4.78, 5) is 22.5. The third-order valence-electron chi connectivity index (χ3n) is 2.67. The highest BCUT2D eigenvalue weighted by molar-refractivity contribution is 6.04. The minimum absolute atomic E-state index is 0.311. The van der Waals surface area contributed by atoms with Crippen molar-refractivity contribution in [2.75, 3.05) is 10.6 Å². The van der Waals surface area contributed by atoms with Crippen LogP contribution < -0.4 is 10.6 Å². The van der Waals surface area contributed by atoms with Gasteiger partial charge in [-0.15, -0.1) is 0 Å². The predicted octanol–water partition coefficient (Wildman–Crippen LogP) is 1.14. The van der Waals surface area contributed by atoms with E-state index in [1.54, 1.807) is 12.1 Å². The van der Waals surface area contributed by atoms with Gasteiger partial charge in [-0.3, -0.25) is 9.59 Å². The lowest BCUT2D eigenvalue weighted by molar-refractivity contribution is -0.143. The van der Waals surface area contributed by atoms with Gasteiger partial charge in [0.15, 0.2) is 0 Å². The van der Waals surface area contributed by atoms with Crippen LogP contribution >= 0.6 is 0 Å². The number of carboxylic acid groups (broad SMARTS) is 1. The number of fused-ring (bicyclic) bond motifs is 1. The molecule has 0 saturated heterocycles. The molecular weight excluding hydrogens is 208 g/mol. The molecule has 1 heterocycles. The van der Waals surface area contributed by atoms with Crippen LogP contribution in [-0.2, 0) is 9.59 Å². The van der Waals surface area contributed by atoms with E-state index < -0.39 is 17.9 Å². The van der Waals surface area contributed by atoms with E-state index in [4.69, 9.17) is 5.11 Å². The molecule has 0 saturated carbocycles. The zero-order valence-electron chi connectivity index (χ0n) is 8.73. The van der Waals surface area contributed by atoms with E-state index in [0.717, 1.165) is 5.69 Å². The van der Waals surface area contributed by atoms with E-state index in [1.165, 1.54) is 6.92 Å². The van der Waals surface area contributed by atoms with E-state index >= 15 is 0 Å². The summed E-state index contributed by atoms with van der Waals surface area (Å²) in [5.41, 5.74) is 1.43. The van der Waals surface area contributed by atoms with Crippen LogP contribution in [0.25, 0.3) is 0 Å². The zero-order valence-corrected chi connectivity index (χ0v) is 8.73. The lowest BCUT2D eigenvalue weighted by Crippen LogP contribution is -2.45. The average molecular weight is 220 g/mol. The molecule has 0 unspecified atom stereocenters. The molecule has 3 N–H and O–H groups in total. The maximum absolute atomic E-state index is 11.7. The van der Waals surface area contributed by atoms with Gasteiger partial charge in [-0.25, -0.2) is 0 Å².